The van der Waals surface area contributed by atoms with Crippen LogP contribution in [0.3, 0.4) is 0 Å². The predicted octanol–water partition coefficient (Wildman–Crippen LogP) is 5.52. The van der Waals surface area contributed by atoms with E-state index >= 15 is 0 Å². The Kier molecular flexibility index (Phi) is 3.47. The fourth-order valence-electron chi connectivity index (χ4n) is 3.36. The van der Waals surface area contributed by atoms with Crippen LogP contribution >= 0.6 is 0 Å². The fraction of sp³-hybridized carbons (Fsp3) is 0. The minimum absolute atomic E-state index is 0.299. The lowest BCUT2D eigenvalue weighted by Crippen LogP contribution is -1.97. The molecule has 5 rings (SSSR count). The third kappa shape index (κ3) is 2.47. The molecule has 130 valence electrons. The van der Waals surface area contributed by atoms with Gasteiger partial charge in [-0.15, -0.1) is 0 Å². The summed E-state index contributed by atoms with van der Waals surface area (Å²) in [5.41, 5.74) is 3.37. The van der Waals surface area contributed by atoms with E-state index in [-0.39, 0.29) is 11.6 Å². The first kappa shape index (κ1) is 15.6. The maximum atomic E-state index is 14.3. The Morgan fingerprint density at radius 1 is 0.741 bits per heavy atom. The molecule has 0 saturated carbocycles. The van der Waals surface area contributed by atoms with Crippen molar-refractivity contribution in [1.29, 1.82) is 0 Å². The van der Waals surface area contributed by atoms with E-state index in [0.717, 1.165) is 22.2 Å². The van der Waals surface area contributed by atoms with Crippen molar-refractivity contribution in [3.8, 4) is 16.9 Å². The van der Waals surface area contributed by atoms with E-state index in [0.29, 0.717) is 16.6 Å². The van der Waals surface area contributed by atoms with Gasteiger partial charge in [-0.1, -0.05) is 30.3 Å². The van der Waals surface area contributed by atoms with Crippen LogP contribution in [0.15, 0.2) is 79.0 Å². The Bertz CT molecular complexity index is 1280. The lowest BCUT2D eigenvalue weighted by atomic mass is 10.1. The van der Waals surface area contributed by atoms with E-state index in [1.807, 2.05) is 36.4 Å². The van der Waals surface area contributed by atoms with Crippen molar-refractivity contribution in [2.45, 2.75) is 0 Å². The van der Waals surface area contributed by atoms with Gasteiger partial charge in [0.15, 0.2) is 0 Å². The van der Waals surface area contributed by atoms with Gasteiger partial charge in [0.1, 0.15) is 22.8 Å². The molecule has 2 aromatic heterocycles. The summed E-state index contributed by atoms with van der Waals surface area (Å²) in [7, 11) is 0. The molecular formula is C22H13F2N3. The molecule has 0 aliphatic carbocycles. The zero-order chi connectivity index (χ0) is 18.4. The Hall–Kier alpha value is -3.60. The third-order valence-corrected chi connectivity index (χ3v) is 4.61. The van der Waals surface area contributed by atoms with Gasteiger partial charge in [-0.05, 0) is 42.5 Å². The van der Waals surface area contributed by atoms with Crippen LogP contribution in [0.5, 0.6) is 0 Å². The average molecular weight is 357 g/mol. The van der Waals surface area contributed by atoms with Crippen LogP contribution < -0.4 is 0 Å². The molecule has 3 aromatic carbocycles. The SMILES string of the molecule is Fc1ccc(-c2nn(-c3ccccc3)c3c2cnc2c(F)cccc23)cc1. The number of nitrogens with zero attached hydrogens (tertiary/aromatic N) is 3. The highest BCUT2D eigenvalue weighted by Gasteiger charge is 2.18. The highest BCUT2D eigenvalue weighted by molar-refractivity contribution is 6.08. The Morgan fingerprint density at radius 3 is 2.30 bits per heavy atom. The Balaban J connectivity index is 1.92. The molecule has 0 N–H and O–H groups in total. The molecule has 5 heteroatoms. The second-order valence-corrected chi connectivity index (χ2v) is 6.26. The van der Waals surface area contributed by atoms with Crippen LogP contribution in [0.2, 0.25) is 0 Å². The molecule has 0 bridgehead atoms. The number of pyridine rings is 1. The van der Waals surface area contributed by atoms with Crippen LogP contribution in [0.4, 0.5) is 8.78 Å². The maximum Gasteiger partial charge on any atom is 0.149 e. The van der Waals surface area contributed by atoms with Crippen molar-refractivity contribution >= 4 is 21.8 Å². The number of fused-ring (bicyclic) bond motifs is 3. The quantitative estimate of drug-likeness (QED) is 0.416. The minimum atomic E-state index is -0.376. The van der Waals surface area contributed by atoms with Crippen molar-refractivity contribution in [3.05, 3.63) is 90.6 Å². The van der Waals surface area contributed by atoms with Gasteiger partial charge >= 0.3 is 0 Å². The first-order valence-electron chi connectivity index (χ1n) is 8.50. The van der Waals surface area contributed by atoms with E-state index in [1.165, 1.54) is 18.2 Å². The van der Waals surface area contributed by atoms with Crippen molar-refractivity contribution in [2.24, 2.45) is 0 Å². The van der Waals surface area contributed by atoms with E-state index in [4.69, 9.17) is 5.10 Å². The number of hydrogen-bond acceptors (Lipinski definition) is 2. The first-order chi connectivity index (χ1) is 13.2. The zero-order valence-electron chi connectivity index (χ0n) is 14.1. The van der Waals surface area contributed by atoms with Gasteiger partial charge in [-0.25, -0.2) is 13.5 Å². The van der Waals surface area contributed by atoms with Gasteiger partial charge in [0, 0.05) is 22.5 Å². The number of aromatic nitrogens is 3. The average Bonchev–Trinajstić information content (AvgIpc) is 3.10. The molecule has 27 heavy (non-hydrogen) atoms. The molecule has 0 unspecified atom stereocenters. The first-order valence-corrected chi connectivity index (χ1v) is 8.50. The number of hydrogen-bond donors (Lipinski definition) is 0. The molecule has 0 saturated heterocycles. The van der Waals surface area contributed by atoms with Gasteiger partial charge in [0.05, 0.1) is 11.2 Å². The standard InChI is InChI=1S/C22H13F2N3/c23-15-11-9-14(10-12-15)20-18-13-25-21-17(7-4-8-19(21)24)22(18)27(26-20)16-5-2-1-3-6-16/h1-13H. The number of rotatable bonds is 2. The lowest BCUT2D eigenvalue weighted by molar-refractivity contribution is 0.628. The lowest BCUT2D eigenvalue weighted by Gasteiger charge is -2.06. The normalized spacial score (nSPS) is 11.3. The number of benzene rings is 3. The molecule has 0 spiro atoms. The molecule has 3 nitrogen and oxygen atoms in total. The highest BCUT2D eigenvalue weighted by atomic mass is 19.1. The zero-order valence-corrected chi connectivity index (χ0v) is 14.1. The molecule has 0 aliphatic heterocycles. The van der Waals surface area contributed by atoms with Crippen LogP contribution in [0.1, 0.15) is 0 Å². The Labute approximate surface area is 153 Å². The second-order valence-electron chi connectivity index (χ2n) is 6.26. The van der Waals surface area contributed by atoms with E-state index in [2.05, 4.69) is 4.98 Å². The molecule has 5 aromatic rings. The van der Waals surface area contributed by atoms with Gasteiger partial charge < -0.3 is 0 Å². The van der Waals surface area contributed by atoms with Crippen LogP contribution in [0.25, 0.3) is 38.8 Å². The summed E-state index contributed by atoms with van der Waals surface area (Å²) in [5, 5.41) is 6.23. The molecule has 0 amide bonds. The second kappa shape index (κ2) is 5.99. The summed E-state index contributed by atoms with van der Waals surface area (Å²) < 4.78 is 29.4. The van der Waals surface area contributed by atoms with Crippen LogP contribution in [-0.2, 0) is 0 Å². The summed E-state index contributed by atoms with van der Waals surface area (Å²) in [4.78, 5) is 4.32. The minimum Gasteiger partial charge on any atom is -0.252 e. The topological polar surface area (TPSA) is 30.7 Å². The molecule has 0 fully saturated rings. The van der Waals surface area contributed by atoms with Crippen molar-refractivity contribution in [3.63, 3.8) is 0 Å². The van der Waals surface area contributed by atoms with Gasteiger partial charge in [-0.3, -0.25) is 4.98 Å². The molecule has 2 heterocycles. The predicted molar refractivity (Wildman–Crippen MR) is 102 cm³/mol. The van der Waals surface area contributed by atoms with Gasteiger partial charge in [0.25, 0.3) is 0 Å². The molecule has 0 aliphatic rings. The summed E-state index contributed by atoms with van der Waals surface area (Å²) in [6, 6.07) is 20.7. The third-order valence-electron chi connectivity index (χ3n) is 4.61. The monoisotopic (exact) mass is 357 g/mol. The summed E-state index contributed by atoms with van der Waals surface area (Å²) in [5.74, 6) is -0.685. The largest absolute Gasteiger partial charge is 0.252 e. The van der Waals surface area contributed by atoms with Crippen LogP contribution in [-0.4, -0.2) is 14.8 Å². The van der Waals surface area contributed by atoms with Gasteiger partial charge in [0.2, 0.25) is 0 Å². The molecule has 0 atom stereocenters. The smallest absolute Gasteiger partial charge is 0.149 e. The van der Waals surface area contributed by atoms with E-state index < -0.39 is 0 Å². The maximum absolute atomic E-state index is 14.3. The van der Waals surface area contributed by atoms with Crippen molar-refractivity contribution in [2.75, 3.05) is 0 Å². The summed E-state index contributed by atoms with van der Waals surface area (Å²) >= 11 is 0. The van der Waals surface area contributed by atoms with E-state index in [1.54, 1.807) is 29.1 Å². The molecular weight excluding hydrogens is 344 g/mol. The van der Waals surface area contributed by atoms with Crippen LogP contribution in [0, 0.1) is 11.6 Å². The van der Waals surface area contributed by atoms with Crippen molar-refractivity contribution in [1.82, 2.24) is 14.8 Å². The summed E-state index contributed by atoms with van der Waals surface area (Å²) in [6.45, 7) is 0. The van der Waals surface area contributed by atoms with E-state index in [9.17, 15) is 8.78 Å². The highest BCUT2D eigenvalue weighted by Crippen LogP contribution is 2.34. The van der Waals surface area contributed by atoms with Crippen molar-refractivity contribution < 1.29 is 8.78 Å². The number of para-hydroxylation sites is 2. The van der Waals surface area contributed by atoms with Gasteiger partial charge in [-0.2, -0.15) is 5.10 Å². The molecule has 0 radical (unpaired) electrons. The summed E-state index contributed by atoms with van der Waals surface area (Å²) in [6.07, 6.45) is 1.63. The fourth-order valence-corrected chi connectivity index (χ4v) is 3.36. The Morgan fingerprint density at radius 2 is 1.52 bits per heavy atom. The number of halogens is 2.